The Morgan fingerprint density at radius 1 is 1.33 bits per heavy atom. The van der Waals surface area contributed by atoms with Gasteiger partial charge in [0.05, 0.1) is 0 Å². The van der Waals surface area contributed by atoms with Crippen LogP contribution in [0.2, 0.25) is 0 Å². The average Bonchev–Trinajstić information content (AvgIpc) is 2.09. The number of nitrogens with two attached hydrogens (primary N) is 1. The normalized spacial score (nSPS) is 10.8. The third kappa shape index (κ3) is 2.12. The number of hydrogen-bond donors (Lipinski definition) is 1. The van der Waals surface area contributed by atoms with Crippen molar-refractivity contribution in [3.05, 3.63) is 41.6 Å². The van der Waals surface area contributed by atoms with Crippen molar-refractivity contribution in [1.29, 1.82) is 0 Å². The highest BCUT2D eigenvalue weighted by molar-refractivity contribution is 5.53. The molecule has 12 heavy (non-hydrogen) atoms. The molecule has 0 amide bonds. The molecule has 0 aromatic heterocycles. The van der Waals surface area contributed by atoms with Gasteiger partial charge >= 0.3 is 0 Å². The molecule has 0 aliphatic carbocycles. The molecule has 1 rings (SSSR count). The van der Waals surface area contributed by atoms with Crippen LogP contribution >= 0.6 is 0 Å². The summed E-state index contributed by atoms with van der Waals surface area (Å²) < 4.78 is 0. The van der Waals surface area contributed by atoms with Crippen LogP contribution in [-0.4, -0.2) is 0 Å². The van der Waals surface area contributed by atoms with Gasteiger partial charge in [-0.2, -0.15) is 0 Å². The molecule has 1 aromatic rings. The van der Waals surface area contributed by atoms with E-state index in [0.717, 1.165) is 6.42 Å². The van der Waals surface area contributed by atoms with Crippen molar-refractivity contribution in [2.24, 2.45) is 5.73 Å². The molecule has 2 N–H and O–H groups in total. The smallest absolute Gasteiger partial charge is 0.00563 e. The quantitative estimate of drug-likeness (QED) is 0.724. The van der Waals surface area contributed by atoms with Gasteiger partial charge in [-0.3, -0.25) is 0 Å². The zero-order valence-electron chi connectivity index (χ0n) is 7.46. The minimum absolute atomic E-state index is 1.13. The largest absolute Gasteiger partial charge is 0.405 e. The third-order valence-corrected chi connectivity index (χ3v) is 1.85. The lowest BCUT2D eigenvalue weighted by Gasteiger charge is -2.02. The predicted octanol–water partition coefficient (Wildman–Crippen LogP) is 2.57. The zero-order valence-corrected chi connectivity index (χ0v) is 7.46. The second-order valence-corrected chi connectivity index (χ2v) is 2.81. The van der Waals surface area contributed by atoms with Crippen molar-refractivity contribution in [2.45, 2.75) is 19.8 Å². The Hall–Kier alpha value is -1.24. The zero-order chi connectivity index (χ0) is 8.81. The highest BCUT2D eigenvalue weighted by atomic mass is 14.5. The molecular formula is C11H15N. The first kappa shape index (κ1) is 8.85. The minimum Gasteiger partial charge on any atom is -0.405 e. The summed E-state index contributed by atoms with van der Waals surface area (Å²) >= 11 is 0. The molecule has 0 heterocycles. The summed E-state index contributed by atoms with van der Waals surface area (Å²) in [6, 6.07) is 8.35. The third-order valence-electron chi connectivity index (χ3n) is 1.85. The topological polar surface area (TPSA) is 26.0 Å². The van der Waals surface area contributed by atoms with Crippen molar-refractivity contribution < 1.29 is 0 Å². The lowest BCUT2D eigenvalue weighted by Crippen LogP contribution is -1.88. The monoisotopic (exact) mass is 161 g/mol. The summed E-state index contributed by atoms with van der Waals surface area (Å²) in [6.07, 6.45) is 5.84. The number of rotatable bonds is 3. The van der Waals surface area contributed by atoms with Gasteiger partial charge in [0.25, 0.3) is 0 Å². The van der Waals surface area contributed by atoms with Crippen molar-refractivity contribution >= 4 is 6.08 Å². The van der Waals surface area contributed by atoms with Gasteiger partial charge in [-0.05, 0) is 29.8 Å². The summed E-state index contributed by atoms with van der Waals surface area (Å²) in [5.41, 5.74) is 7.96. The van der Waals surface area contributed by atoms with E-state index in [2.05, 4.69) is 25.1 Å². The first-order chi connectivity index (χ1) is 5.88. The van der Waals surface area contributed by atoms with Gasteiger partial charge in [-0.1, -0.05) is 37.6 Å². The Labute approximate surface area is 73.9 Å². The van der Waals surface area contributed by atoms with E-state index in [-0.39, 0.29) is 0 Å². The first-order valence-electron chi connectivity index (χ1n) is 4.34. The molecule has 0 fully saturated rings. The van der Waals surface area contributed by atoms with Crippen LogP contribution in [0, 0.1) is 0 Å². The van der Waals surface area contributed by atoms with E-state index in [0.29, 0.717) is 0 Å². The van der Waals surface area contributed by atoms with Crippen LogP contribution in [0.15, 0.2) is 30.5 Å². The van der Waals surface area contributed by atoms with Crippen molar-refractivity contribution in [1.82, 2.24) is 0 Å². The maximum atomic E-state index is 5.35. The van der Waals surface area contributed by atoms with Crippen LogP contribution in [0.3, 0.4) is 0 Å². The molecule has 64 valence electrons. The van der Waals surface area contributed by atoms with Gasteiger partial charge in [0.1, 0.15) is 0 Å². The Balaban J connectivity index is 2.91. The molecule has 0 atom stereocenters. The molecule has 0 aliphatic heterocycles. The van der Waals surface area contributed by atoms with Gasteiger partial charge in [-0.15, -0.1) is 0 Å². The second kappa shape index (κ2) is 4.60. The summed E-state index contributed by atoms with van der Waals surface area (Å²) in [5, 5.41) is 0. The highest BCUT2D eigenvalue weighted by Gasteiger charge is 1.95. The first-order valence-corrected chi connectivity index (χ1v) is 4.34. The summed E-state index contributed by atoms with van der Waals surface area (Å²) in [5.74, 6) is 0. The Kier molecular flexibility index (Phi) is 3.39. The van der Waals surface area contributed by atoms with E-state index in [9.17, 15) is 0 Å². The van der Waals surface area contributed by atoms with E-state index in [4.69, 9.17) is 5.73 Å². The van der Waals surface area contributed by atoms with Gasteiger partial charge in [0, 0.05) is 0 Å². The molecule has 0 saturated carbocycles. The van der Waals surface area contributed by atoms with Gasteiger partial charge < -0.3 is 5.73 Å². The van der Waals surface area contributed by atoms with Gasteiger partial charge in [-0.25, -0.2) is 0 Å². The Morgan fingerprint density at radius 3 is 2.75 bits per heavy atom. The molecule has 1 aromatic carbocycles. The SMILES string of the molecule is CCCc1ccccc1/C=C\N. The van der Waals surface area contributed by atoms with Crippen LogP contribution in [-0.2, 0) is 6.42 Å². The van der Waals surface area contributed by atoms with E-state index in [1.54, 1.807) is 6.20 Å². The Morgan fingerprint density at radius 2 is 2.08 bits per heavy atom. The van der Waals surface area contributed by atoms with E-state index < -0.39 is 0 Å². The van der Waals surface area contributed by atoms with E-state index in [1.165, 1.54) is 17.5 Å². The molecule has 0 unspecified atom stereocenters. The van der Waals surface area contributed by atoms with Crippen LogP contribution < -0.4 is 5.73 Å². The lowest BCUT2D eigenvalue weighted by atomic mass is 10.0. The maximum absolute atomic E-state index is 5.35. The number of aryl methyl sites for hydroxylation is 1. The van der Waals surface area contributed by atoms with Gasteiger partial charge in [0.15, 0.2) is 0 Å². The molecule has 1 heteroatoms. The number of benzene rings is 1. The lowest BCUT2D eigenvalue weighted by molar-refractivity contribution is 0.919. The van der Waals surface area contributed by atoms with Crippen molar-refractivity contribution in [2.75, 3.05) is 0 Å². The Bertz CT molecular complexity index is 263. The standard InChI is InChI=1S/C11H15N/c1-2-5-10-6-3-4-7-11(10)8-9-12/h3-4,6-9H,2,5,12H2,1H3/b9-8-. The molecule has 0 spiro atoms. The predicted molar refractivity (Wildman–Crippen MR) is 53.7 cm³/mol. The summed E-state index contributed by atoms with van der Waals surface area (Å²) in [4.78, 5) is 0. The molecule has 0 bridgehead atoms. The summed E-state index contributed by atoms with van der Waals surface area (Å²) in [6.45, 7) is 2.18. The maximum Gasteiger partial charge on any atom is -0.00563 e. The fourth-order valence-corrected chi connectivity index (χ4v) is 1.30. The minimum atomic E-state index is 1.13. The van der Waals surface area contributed by atoms with Crippen LogP contribution in [0.1, 0.15) is 24.5 Å². The van der Waals surface area contributed by atoms with Crippen molar-refractivity contribution in [3.8, 4) is 0 Å². The fourth-order valence-electron chi connectivity index (χ4n) is 1.30. The van der Waals surface area contributed by atoms with E-state index in [1.807, 2.05) is 12.1 Å². The molecule has 0 radical (unpaired) electrons. The van der Waals surface area contributed by atoms with Crippen molar-refractivity contribution in [3.63, 3.8) is 0 Å². The second-order valence-electron chi connectivity index (χ2n) is 2.81. The van der Waals surface area contributed by atoms with Crippen LogP contribution in [0.5, 0.6) is 0 Å². The van der Waals surface area contributed by atoms with E-state index >= 15 is 0 Å². The summed E-state index contributed by atoms with van der Waals surface area (Å²) in [7, 11) is 0. The molecular weight excluding hydrogens is 146 g/mol. The average molecular weight is 161 g/mol. The molecule has 0 saturated heterocycles. The van der Waals surface area contributed by atoms with Gasteiger partial charge in [0.2, 0.25) is 0 Å². The fraction of sp³-hybridized carbons (Fsp3) is 0.273. The van der Waals surface area contributed by atoms with Crippen LogP contribution in [0.25, 0.3) is 6.08 Å². The molecule has 0 aliphatic rings. The molecule has 1 nitrogen and oxygen atoms in total. The number of hydrogen-bond acceptors (Lipinski definition) is 1. The highest BCUT2D eigenvalue weighted by Crippen LogP contribution is 2.11. The van der Waals surface area contributed by atoms with Crippen LogP contribution in [0.4, 0.5) is 0 Å².